The molecule has 0 amide bonds. The second-order valence-corrected chi connectivity index (χ2v) is 8.34. The maximum atomic E-state index is 14.4. The number of halogens is 6. The Labute approximate surface area is 196 Å². The second-order valence-electron chi connectivity index (χ2n) is 8.34. The third kappa shape index (κ3) is 4.45. The van der Waals surface area contributed by atoms with E-state index >= 15 is 0 Å². The zero-order valence-corrected chi connectivity index (χ0v) is 18.3. The molecule has 1 N–H and O–H groups in total. The molecule has 4 nitrogen and oxygen atoms in total. The van der Waals surface area contributed by atoms with Crippen LogP contribution in [0.4, 0.5) is 32.0 Å². The molecule has 3 aromatic carbocycles. The van der Waals surface area contributed by atoms with E-state index < -0.39 is 41.3 Å². The van der Waals surface area contributed by atoms with E-state index in [1.54, 1.807) is 12.1 Å². The maximum Gasteiger partial charge on any atom is 0.418 e. The number of anilines is 1. The first-order valence-electron chi connectivity index (χ1n) is 11.0. The van der Waals surface area contributed by atoms with E-state index in [0.717, 1.165) is 42.6 Å². The first-order valence-corrected chi connectivity index (χ1v) is 11.0. The Morgan fingerprint density at radius 1 is 0.886 bits per heavy atom. The molecule has 0 spiro atoms. The lowest BCUT2D eigenvalue weighted by atomic mass is 10.0. The topological polar surface area (TPSA) is 33.1 Å². The van der Waals surface area contributed by atoms with E-state index in [1.165, 1.54) is 12.1 Å². The molecule has 0 aliphatic carbocycles. The molecule has 5 rings (SSSR count). The molecule has 10 heteroatoms. The molecule has 0 unspecified atom stereocenters. The molecule has 182 valence electrons. The van der Waals surface area contributed by atoms with Crippen molar-refractivity contribution in [2.24, 2.45) is 0 Å². The Morgan fingerprint density at radius 2 is 1.54 bits per heavy atom. The van der Waals surface area contributed by atoms with Crippen molar-refractivity contribution in [2.45, 2.75) is 12.7 Å². The Hall–Kier alpha value is -3.53. The zero-order chi connectivity index (χ0) is 24.7. The fraction of sp³-hybridized carbons (Fsp3) is 0.240. The average molecular weight is 490 g/mol. The van der Waals surface area contributed by atoms with Crippen LogP contribution in [-0.4, -0.2) is 36.0 Å². The third-order valence-corrected chi connectivity index (χ3v) is 6.11. The van der Waals surface area contributed by atoms with Gasteiger partial charge in [0.2, 0.25) is 0 Å². The molecular weight excluding hydrogens is 470 g/mol. The van der Waals surface area contributed by atoms with Crippen molar-refractivity contribution in [3.8, 4) is 11.3 Å². The van der Waals surface area contributed by atoms with Crippen LogP contribution in [0.3, 0.4) is 0 Å². The first-order chi connectivity index (χ1) is 16.7. The molecule has 0 radical (unpaired) electrons. The molecule has 0 bridgehead atoms. The number of hydrogen-bond donors (Lipinski definition) is 1. The summed E-state index contributed by atoms with van der Waals surface area (Å²) in [6, 6.07) is 12.0. The minimum absolute atomic E-state index is 0.192. The van der Waals surface area contributed by atoms with Crippen molar-refractivity contribution in [1.29, 1.82) is 0 Å². The predicted molar refractivity (Wildman–Crippen MR) is 121 cm³/mol. The number of benzene rings is 3. The predicted octanol–water partition coefficient (Wildman–Crippen LogP) is 5.60. The summed E-state index contributed by atoms with van der Waals surface area (Å²) in [4.78, 5) is 2.18. The summed E-state index contributed by atoms with van der Waals surface area (Å²) in [5.41, 5.74) is -0.00463. The van der Waals surface area contributed by atoms with Crippen LogP contribution in [0.2, 0.25) is 0 Å². The number of nitrogens with zero attached hydrogens (tertiary/aromatic N) is 3. The first kappa shape index (κ1) is 23.2. The molecule has 1 aliphatic heterocycles. The fourth-order valence-corrected chi connectivity index (χ4v) is 4.43. The molecule has 1 aromatic heterocycles. The van der Waals surface area contributed by atoms with Crippen LogP contribution in [0.25, 0.3) is 22.2 Å². The van der Waals surface area contributed by atoms with Crippen LogP contribution < -0.4 is 10.2 Å². The van der Waals surface area contributed by atoms with Crippen LogP contribution in [0, 0.1) is 17.5 Å². The average Bonchev–Trinajstić information content (AvgIpc) is 3.19. The number of alkyl halides is 3. The van der Waals surface area contributed by atoms with Crippen molar-refractivity contribution in [2.75, 3.05) is 31.1 Å². The Kier molecular flexibility index (Phi) is 5.92. The van der Waals surface area contributed by atoms with Gasteiger partial charge in [-0.2, -0.15) is 18.3 Å². The van der Waals surface area contributed by atoms with Gasteiger partial charge in [0.25, 0.3) is 0 Å². The SMILES string of the molecule is Fc1cc(F)c(Cn2nc3c(C(F)(F)F)cccc3c2-c2ccc(N3CCNCC3)cc2)c(F)c1. The van der Waals surface area contributed by atoms with E-state index in [2.05, 4.69) is 15.3 Å². The van der Waals surface area contributed by atoms with Crippen molar-refractivity contribution in [3.05, 3.63) is 83.2 Å². The highest BCUT2D eigenvalue weighted by Crippen LogP contribution is 2.38. The molecular formula is C25H20F6N4. The molecule has 35 heavy (non-hydrogen) atoms. The van der Waals surface area contributed by atoms with Crippen LogP contribution in [-0.2, 0) is 12.7 Å². The van der Waals surface area contributed by atoms with Gasteiger partial charge >= 0.3 is 6.18 Å². The van der Waals surface area contributed by atoms with Crippen molar-refractivity contribution < 1.29 is 26.3 Å². The van der Waals surface area contributed by atoms with Crippen molar-refractivity contribution in [1.82, 2.24) is 15.1 Å². The smallest absolute Gasteiger partial charge is 0.369 e. The fourth-order valence-electron chi connectivity index (χ4n) is 4.43. The van der Waals surface area contributed by atoms with Crippen LogP contribution in [0.1, 0.15) is 11.1 Å². The lowest BCUT2D eigenvalue weighted by molar-refractivity contribution is -0.136. The number of aromatic nitrogens is 2. The zero-order valence-electron chi connectivity index (χ0n) is 18.3. The van der Waals surface area contributed by atoms with Gasteiger partial charge in [-0.15, -0.1) is 0 Å². The van der Waals surface area contributed by atoms with Crippen LogP contribution >= 0.6 is 0 Å². The van der Waals surface area contributed by atoms with Gasteiger partial charge in [-0.3, -0.25) is 4.68 Å². The summed E-state index contributed by atoms with van der Waals surface area (Å²) in [6.07, 6.45) is -4.67. The highest BCUT2D eigenvalue weighted by atomic mass is 19.4. The standard InChI is InChI=1S/C25H20F6N4/c26-16-12-21(27)19(22(28)13-16)14-35-24(18-2-1-3-20(23(18)33-35)25(29,30)31)15-4-6-17(7-5-15)34-10-8-32-9-11-34/h1-7,12-13,32H,8-11,14H2. The van der Waals surface area contributed by atoms with Crippen molar-refractivity contribution >= 4 is 16.6 Å². The van der Waals surface area contributed by atoms with E-state index in [9.17, 15) is 26.3 Å². The molecule has 0 atom stereocenters. The molecule has 1 aliphatic rings. The van der Waals surface area contributed by atoms with Gasteiger partial charge in [-0.25, -0.2) is 13.2 Å². The third-order valence-electron chi connectivity index (χ3n) is 6.11. The van der Waals surface area contributed by atoms with E-state index in [0.29, 0.717) is 17.7 Å². The van der Waals surface area contributed by atoms with Gasteiger partial charge < -0.3 is 10.2 Å². The summed E-state index contributed by atoms with van der Waals surface area (Å²) in [7, 11) is 0. The minimum atomic E-state index is -4.67. The van der Waals surface area contributed by atoms with Gasteiger partial charge in [0.05, 0.1) is 17.8 Å². The van der Waals surface area contributed by atoms with Crippen molar-refractivity contribution in [3.63, 3.8) is 0 Å². The molecule has 4 aromatic rings. The highest BCUT2D eigenvalue weighted by molar-refractivity contribution is 5.95. The maximum absolute atomic E-state index is 14.4. The van der Waals surface area contributed by atoms with Gasteiger partial charge in [0.1, 0.15) is 23.0 Å². The summed E-state index contributed by atoms with van der Waals surface area (Å²) >= 11 is 0. The summed E-state index contributed by atoms with van der Waals surface area (Å²) in [5.74, 6) is -3.37. The number of fused-ring (bicyclic) bond motifs is 1. The summed E-state index contributed by atoms with van der Waals surface area (Å²) in [6.45, 7) is 2.80. The lowest BCUT2D eigenvalue weighted by Crippen LogP contribution is -2.43. The second kappa shape index (κ2) is 8.92. The Morgan fingerprint density at radius 3 is 2.17 bits per heavy atom. The van der Waals surface area contributed by atoms with Gasteiger partial charge in [-0.1, -0.05) is 24.3 Å². The molecule has 1 fully saturated rings. The largest absolute Gasteiger partial charge is 0.418 e. The normalized spacial score (nSPS) is 14.6. The van der Waals surface area contributed by atoms with Crippen LogP contribution in [0.15, 0.2) is 54.6 Å². The Balaban J connectivity index is 1.65. The van der Waals surface area contributed by atoms with Gasteiger partial charge in [0, 0.05) is 60.5 Å². The molecule has 2 heterocycles. The minimum Gasteiger partial charge on any atom is -0.369 e. The highest BCUT2D eigenvalue weighted by Gasteiger charge is 2.34. The Bertz CT molecular complexity index is 1350. The van der Waals surface area contributed by atoms with E-state index in [-0.39, 0.29) is 16.6 Å². The number of hydrogen-bond acceptors (Lipinski definition) is 3. The van der Waals surface area contributed by atoms with Crippen LogP contribution in [0.5, 0.6) is 0 Å². The lowest BCUT2D eigenvalue weighted by Gasteiger charge is -2.29. The number of piperazine rings is 1. The summed E-state index contributed by atoms with van der Waals surface area (Å²) in [5, 5.41) is 7.58. The monoisotopic (exact) mass is 490 g/mol. The molecule has 0 saturated carbocycles. The van der Waals surface area contributed by atoms with Gasteiger partial charge in [-0.05, 0) is 18.2 Å². The quantitative estimate of drug-likeness (QED) is 0.379. The summed E-state index contributed by atoms with van der Waals surface area (Å²) < 4.78 is 84.4. The number of nitrogens with one attached hydrogen (secondary N) is 1. The van der Waals surface area contributed by atoms with Gasteiger partial charge in [0.15, 0.2) is 0 Å². The molecule has 1 saturated heterocycles. The number of rotatable bonds is 4. The van der Waals surface area contributed by atoms with E-state index in [4.69, 9.17) is 0 Å². The van der Waals surface area contributed by atoms with E-state index in [1.807, 2.05) is 12.1 Å².